The molecule has 1 atom stereocenters. The lowest BCUT2D eigenvalue weighted by atomic mass is 10.1. The van der Waals surface area contributed by atoms with Gasteiger partial charge in [-0.05, 0) is 24.8 Å². The van der Waals surface area contributed by atoms with Gasteiger partial charge < -0.3 is 15.1 Å². The zero-order chi connectivity index (χ0) is 13.8. The first-order valence-electron chi connectivity index (χ1n) is 6.50. The van der Waals surface area contributed by atoms with Gasteiger partial charge in [0.1, 0.15) is 5.82 Å². The van der Waals surface area contributed by atoms with Crippen molar-refractivity contribution in [2.24, 2.45) is 0 Å². The van der Waals surface area contributed by atoms with E-state index in [1.165, 1.54) is 0 Å². The molecule has 2 rings (SSSR count). The summed E-state index contributed by atoms with van der Waals surface area (Å²) in [6, 6.07) is 9.90. The Hall–Kier alpha value is -1.65. The minimum atomic E-state index is -0.324. The zero-order valence-electron chi connectivity index (χ0n) is 11.4. The Morgan fingerprint density at radius 3 is 2.74 bits per heavy atom. The molecule has 0 saturated heterocycles. The number of rotatable bonds is 5. The van der Waals surface area contributed by atoms with Crippen LogP contribution in [0.25, 0.3) is 10.8 Å². The first kappa shape index (κ1) is 13.8. The number of nitrogens with zero attached hydrogens (tertiary/aromatic N) is 2. The third-order valence-electron chi connectivity index (χ3n) is 3.18. The van der Waals surface area contributed by atoms with Gasteiger partial charge in [-0.25, -0.2) is 4.98 Å². The van der Waals surface area contributed by atoms with E-state index in [1.54, 1.807) is 6.92 Å². The highest BCUT2D eigenvalue weighted by Crippen LogP contribution is 2.25. The molecule has 0 bridgehead atoms. The molecular formula is C15H20N2O2. The molecule has 1 aromatic carbocycles. The van der Waals surface area contributed by atoms with E-state index in [0.717, 1.165) is 23.1 Å². The van der Waals surface area contributed by atoms with Gasteiger partial charge in [-0.15, -0.1) is 0 Å². The highest BCUT2D eigenvalue weighted by Gasteiger charge is 2.10. The van der Waals surface area contributed by atoms with Gasteiger partial charge in [0.05, 0.1) is 18.4 Å². The third kappa shape index (κ3) is 3.22. The summed E-state index contributed by atoms with van der Waals surface area (Å²) in [6.07, 6.45) is 0.366. The van der Waals surface area contributed by atoms with Crippen LogP contribution in [0.15, 0.2) is 30.3 Å². The van der Waals surface area contributed by atoms with Gasteiger partial charge in [-0.2, -0.15) is 0 Å². The van der Waals surface area contributed by atoms with Gasteiger partial charge in [0.25, 0.3) is 0 Å². The van der Waals surface area contributed by atoms with Crippen LogP contribution < -0.4 is 4.90 Å². The number of fused-ring (bicyclic) bond motifs is 1. The summed E-state index contributed by atoms with van der Waals surface area (Å²) in [5.41, 5.74) is 0.664. The van der Waals surface area contributed by atoms with Crippen molar-refractivity contribution in [3.05, 3.63) is 36.0 Å². The summed E-state index contributed by atoms with van der Waals surface area (Å²) in [7, 11) is 1.96. The van der Waals surface area contributed by atoms with Crippen molar-refractivity contribution in [3.63, 3.8) is 0 Å². The molecule has 0 radical (unpaired) electrons. The molecule has 0 spiro atoms. The first-order valence-corrected chi connectivity index (χ1v) is 6.50. The molecule has 0 aliphatic carbocycles. The highest BCUT2D eigenvalue weighted by atomic mass is 16.3. The maximum absolute atomic E-state index is 9.38. The standard InChI is InChI=1S/C15H20N2O2/c1-11(19)7-8-17(2)15-14-6-4-3-5-12(14)9-13(10-18)16-15/h3-6,9,11,18-19H,7-8,10H2,1-2H3. The number of aromatic nitrogens is 1. The first-order chi connectivity index (χ1) is 9.11. The van der Waals surface area contributed by atoms with Crippen molar-refractivity contribution >= 4 is 16.6 Å². The van der Waals surface area contributed by atoms with Gasteiger partial charge >= 0.3 is 0 Å². The van der Waals surface area contributed by atoms with Gasteiger partial charge in [0, 0.05) is 19.0 Å². The summed E-state index contributed by atoms with van der Waals surface area (Å²) >= 11 is 0. The summed E-state index contributed by atoms with van der Waals surface area (Å²) in [6.45, 7) is 2.44. The van der Waals surface area contributed by atoms with E-state index in [0.29, 0.717) is 12.1 Å². The summed E-state index contributed by atoms with van der Waals surface area (Å²) in [5.74, 6) is 0.850. The maximum atomic E-state index is 9.38. The Bertz CT molecular complexity index is 555. The summed E-state index contributed by atoms with van der Waals surface area (Å²) in [4.78, 5) is 6.51. The number of pyridine rings is 1. The second-order valence-corrected chi connectivity index (χ2v) is 4.88. The Balaban J connectivity index is 2.39. The number of anilines is 1. The topological polar surface area (TPSA) is 56.6 Å². The van der Waals surface area contributed by atoms with Gasteiger partial charge in [0.2, 0.25) is 0 Å². The van der Waals surface area contributed by atoms with Crippen LogP contribution in [0, 0.1) is 0 Å². The van der Waals surface area contributed by atoms with E-state index >= 15 is 0 Å². The van der Waals surface area contributed by atoms with Crippen molar-refractivity contribution in [2.75, 3.05) is 18.5 Å². The predicted molar refractivity (Wildman–Crippen MR) is 77.2 cm³/mol. The predicted octanol–water partition coefficient (Wildman–Crippen LogP) is 1.93. The molecule has 1 unspecified atom stereocenters. The van der Waals surface area contributed by atoms with Gasteiger partial charge in [-0.3, -0.25) is 0 Å². The van der Waals surface area contributed by atoms with E-state index in [2.05, 4.69) is 4.98 Å². The largest absolute Gasteiger partial charge is 0.393 e. The average molecular weight is 260 g/mol. The van der Waals surface area contributed by atoms with Crippen molar-refractivity contribution in [2.45, 2.75) is 26.1 Å². The van der Waals surface area contributed by atoms with Gasteiger partial charge in [0.15, 0.2) is 0 Å². The van der Waals surface area contributed by atoms with Gasteiger partial charge in [-0.1, -0.05) is 24.3 Å². The molecule has 0 amide bonds. The van der Waals surface area contributed by atoms with E-state index < -0.39 is 0 Å². The van der Waals surface area contributed by atoms with E-state index in [9.17, 15) is 10.2 Å². The van der Waals surface area contributed by atoms with Crippen LogP contribution >= 0.6 is 0 Å². The maximum Gasteiger partial charge on any atom is 0.136 e. The zero-order valence-corrected chi connectivity index (χ0v) is 11.4. The fraction of sp³-hybridized carbons (Fsp3) is 0.400. The quantitative estimate of drug-likeness (QED) is 0.862. The van der Waals surface area contributed by atoms with Crippen LogP contribution in [0.1, 0.15) is 19.0 Å². The molecule has 2 aromatic rings. The van der Waals surface area contributed by atoms with Crippen molar-refractivity contribution < 1.29 is 10.2 Å². The Labute approximate surface area is 113 Å². The molecule has 4 nitrogen and oxygen atoms in total. The van der Waals surface area contributed by atoms with Crippen molar-refractivity contribution in [1.29, 1.82) is 0 Å². The number of benzene rings is 1. The minimum Gasteiger partial charge on any atom is -0.393 e. The Kier molecular flexibility index (Phi) is 4.35. The Morgan fingerprint density at radius 2 is 2.05 bits per heavy atom. The molecule has 0 saturated carbocycles. The lowest BCUT2D eigenvalue weighted by Gasteiger charge is -2.21. The lowest BCUT2D eigenvalue weighted by Crippen LogP contribution is -2.23. The molecule has 102 valence electrons. The van der Waals surface area contributed by atoms with Crippen LogP contribution in [0.4, 0.5) is 5.82 Å². The minimum absolute atomic E-state index is 0.0674. The average Bonchev–Trinajstić information content (AvgIpc) is 2.43. The fourth-order valence-electron chi connectivity index (χ4n) is 2.09. The van der Waals surface area contributed by atoms with Crippen molar-refractivity contribution in [1.82, 2.24) is 4.98 Å². The van der Waals surface area contributed by atoms with Crippen LogP contribution in [-0.4, -0.2) is 34.9 Å². The molecule has 19 heavy (non-hydrogen) atoms. The van der Waals surface area contributed by atoms with Crippen LogP contribution in [-0.2, 0) is 6.61 Å². The van der Waals surface area contributed by atoms with Crippen LogP contribution in [0.2, 0.25) is 0 Å². The third-order valence-corrected chi connectivity index (χ3v) is 3.18. The molecule has 2 N–H and O–H groups in total. The van der Waals surface area contributed by atoms with Crippen molar-refractivity contribution in [3.8, 4) is 0 Å². The number of aliphatic hydroxyl groups excluding tert-OH is 2. The monoisotopic (exact) mass is 260 g/mol. The second-order valence-electron chi connectivity index (χ2n) is 4.88. The smallest absolute Gasteiger partial charge is 0.136 e. The number of aliphatic hydroxyl groups is 2. The van der Waals surface area contributed by atoms with Crippen LogP contribution in [0.3, 0.4) is 0 Å². The second kappa shape index (κ2) is 5.99. The van der Waals surface area contributed by atoms with E-state index in [-0.39, 0.29) is 12.7 Å². The molecule has 1 aromatic heterocycles. The van der Waals surface area contributed by atoms with E-state index in [1.807, 2.05) is 42.3 Å². The molecular weight excluding hydrogens is 240 g/mol. The molecule has 4 heteroatoms. The SMILES string of the molecule is CC(O)CCN(C)c1nc(CO)cc2ccccc12. The highest BCUT2D eigenvalue weighted by molar-refractivity contribution is 5.92. The molecule has 0 aliphatic rings. The van der Waals surface area contributed by atoms with E-state index in [4.69, 9.17) is 0 Å². The summed E-state index contributed by atoms with van der Waals surface area (Å²) in [5, 5.41) is 20.8. The molecule has 1 heterocycles. The molecule has 0 fully saturated rings. The number of hydrogen-bond acceptors (Lipinski definition) is 4. The number of hydrogen-bond donors (Lipinski definition) is 2. The summed E-state index contributed by atoms with van der Waals surface area (Å²) < 4.78 is 0. The van der Waals surface area contributed by atoms with Crippen LogP contribution in [0.5, 0.6) is 0 Å². The normalized spacial score (nSPS) is 12.6. The lowest BCUT2D eigenvalue weighted by molar-refractivity contribution is 0.187. The molecule has 0 aliphatic heterocycles. The fourth-order valence-corrected chi connectivity index (χ4v) is 2.09. The Morgan fingerprint density at radius 1 is 1.32 bits per heavy atom.